The molecule has 0 aromatic carbocycles. The summed E-state index contributed by atoms with van der Waals surface area (Å²) in [5.74, 6) is -1.65. The largest absolute Gasteiger partial charge is 0.480 e. The van der Waals surface area contributed by atoms with Crippen molar-refractivity contribution in [1.29, 1.82) is 0 Å². The smallest absolute Gasteiger partial charge is 0.326 e. The maximum Gasteiger partial charge on any atom is 0.326 e. The number of hydrogen-bond acceptors (Lipinski definition) is 4. The number of carboxylic acid groups (broad SMARTS) is 1. The summed E-state index contributed by atoms with van der Waals surface area (Å²) in [6, 6.07) is -0.894. The van der Waals surface area contributed by atoms with Crippen molar-refractivity contribution in [2.75, 3.05) is 19.3 Å². The second-order valence-corrected chi connectivity index (χ2v) is 9.42. The predicted molar refractivity (Wildman–Crippen MR) is 87.4 cm³/mol. The zero-order chi connectivity index (χ0) is 17.8. The highest BCUT2D eigenvalue weighted by Crippen LogP contribution is 2.23. The Labute approximate surface area is 138 Å². The maximum absolute atomic E-state index is 12.3. The second-order valence-electron chi connectivity index (χ2n) is 7.44. The number of nitrogens with one attached hydrogen (secondary N) is 1. The van der Waals surface area contributed by atoms with E-state index in [-0.39, 0.29) is 17.2 Å². The Balaban J connectivity index is 2.55. The van der Waals surface area contributed by atoms with Crippen molar-refractivity contribution < 1.29 is 23.1 Å². The molecule has 8 heteroatoms. The van der Waals surface area contributed by atoms with Gasteiger partial charge in [-0.2, -0.15) is 0 Å². The van der Waals surface area contributed by atoms with Crippen LogP contribution in [0, 0.1) is 11.3 Å². The highest BCUT2D eigenvalue weighted by atomic mass is 32.2. The molecule has 7 nitrogen and oxygen atoms in total. The minimum atomic E-state index is -3.23. The van der Waals surface area contributed by atoms with Gasteiger partial charge in [-0.05, 0) is 31.1 Å². The number of sulfonamides is 1. The molecule has 134 valence electrons. The maximum atomic E-state index is 12.3. The minimum absolute atomic E-state index is 0.000741. The Kier molecular flexibility index (Phi) is 6.59. The number of hydrogen-bond donors (Lipinski definition) is 2. The van der Waals surface area contributed by atoms with Crippen molar-refractivity contribution in [2.45, 2.75) is 52.5 Å². The molecular weight excluding hydrogens is 320 g/mol. The lowest BCUT2D eigenvalue weighted by Gasteiger charge is -2.30. The first-order valence-electron chi connectivity index (χ1n) is 7.88. The number of piperidine rings is 1. The van der Waals surface area contributed by atoms with Crippen LogP contribution in [0.25, 0.3) is 0 Å². The summed E-state index contributed by atoms with van der Waals surface area (Å²) in [7, 11) is -3.23. The molecule has 1 atom stereocenters. The first-order valence-corrected chi connectivity index (χ1v) is 9.73. The summed E-state index contributed by atoms with van der Waals surface area (Å²) in [5, 5.41) is 11.9. The number of nitrogens with zero attached hydrogens (tertiary/aromatic N) is 1. The molecular formula is C15H28N2O5S. The van der Waals surface area contributed by atoms with Gasteiger partial charge >= 0.3 is 5.97 Å². The summed E-state index contributed by atoms with van der Waals surface area (Å²) < 4.78 is 24.3. The van der Waals surface area contributed by atoms with E-state index in [1.54, 1.807) is 0 Å². The average molecular weight is 348 g/mol. The molecule has 1 amide bonds. The van der Waals surface area contributed by atoms with Crippen LogP contribution in [0.3, 0.4) is 0 Å². The van der Waals surface area contributed by atoms with Gasteiger partial charge in [0.2, 0.25) is 15.9 Å². The summed E-state index contributed by atoms with van der Waals surface area (Å²) in [5.41, 5.74) is -0.000741. The Hall–Kier alpha value is -1.15. The van der Waals surface area contributed by atoms with Crippen LogP contribution in [0.5, 0.6) is 0 Å². The molecule has 0 aliphatic carbocycles. The van der Waals surface area contributed by atoms with Crippen molar-refractivity contribution in [3.63, 3.8) is 0 Å². The predicted octanol–water partition coefficient (Wildman–Crippen LogP) is 1.05. The van der Waals surface area contributed by atoms with Crippen LogP contribution in [0.4, 0.5) is 0 Å². The first kappa shape index (κ1) is 19.9. The summed E-state index contributed by atoms with van der Waals surface area (Å²) in [6.45, 7) is 6.67. The number of carbonyl (C=O) groups is 2. The fourth-order valence-electron chi connectivity index (χ4n) is 2.57. The van der Waals surface area contributed by atoms with Gasteiger partial charge < -0.3 is 10.4 Å². The van der Waals surface area contributed by atoms with E-state index in [2.05, 4.69) is 5.32 Å². The van der Waals surface area contributed by atoms with Crippen molar-refractivity contribution in [3.8, 4) is 0 Å². The van der Waals surface area contributed by atoms with E-state index in [9.17, 15) is 23.1 Å². The highest BCUT2D eigenvalue weighted by molar-refractivity contribution is 7.88. The zero-order valence-corrected chi connectivity index (χ0v) is 15.1. The van der Waals surface area contributed by atoms with E-state index in [1.165, 1.54) is 4.31 Å². The van der Waals surface area contributed by atoms with E-state index in [0.717, 1.165) is 6.26 Å². The normalized spacial score (nSPS) is 19.3. The third kappa shape index (κ3) is 6.87. The lowest BCUT2D eigenvalue weighted by atomic mass is 9.88. The zero-order valence-electron chi connectivity index (χ0n) is 14.3. The van der Waals surface area contributed by atoms with E-state index in [1.807, 2.05) is 20.8 Å². The number of rotatable bonds is 6. The summed E-state index contributed by atoms with van der Waals surface area (Å²) >= 11 is 0. The molecule has 1 fully saturated rings. The van der Waals surface area contributed by atoms with Crippen LogP contribution < -0.4 is 5.32 Å². The minimum Gasteiger partial charge on any atom is -0.480 e. The molecule has 23 heavy (non-hydrogen) atoms. The lowest BCUT2D eigenvalue weighted by Crippen LogP contribution is -2.47. The molecule has 2 N–H and O–H groups in total. The molecule has 0 spiro atoms. The third-order valence-corrected chi connectivity index (χ3v) is 5.39. The molecule has 0 radical (unpaired) electrons. The molecule has 1 unspecified atom stereocenters. The van der Waals surface area contributed by atoms with Crippen molar-refractivity contribution >= 4 is 21.9 Å². The van der Waals surface area contributed by atoms with Gasteiger partial charge in [0, 0.05) is 19.0 Å². The molecule has 0 aromatic heterocycles. The fourth-order valence-corrected chi connectivity index (χ4v) is 3.45. The van der Waals surface area contributed by atoms with E-state index >= 15 is 0 Å². The standard InChI is InChI=1S/C15H28N2O5S/c1-15(2,3)8-5-12(14(19)20)16-13(18)11-6-9-17(10-7-11)23(4,21)22/h11-12H,5-10H2,1-4H3,(H,16,18)(H,19,20). The monoisotopic (exact) mass is 348 g/mol. The van der Waals surface area contributed by atoms with Crippen LogP contribution in [0.2, 0.25) is 0 Å². The number of carboxylic acids is 1. The van der Waals surface area contributed by atoms with Crippen LogP contribution in [-0.4, -0.2) is 55.1 Å². The van der Waals surface area contributed by atoms with Crippen molar-refractivity contribution in [2.24, 2.45) is 11.3 Å². The van der Waals surface area contributed by atoms with Crippen molar-refractivity contribution in [1.82, 2.24) is 9.62 Å². The summed E-state index contributed by atoms with van der Waals surface area (Å²) in [4.78, 5) is 23.6. The molecule has 0 saturated carbocycles. The van der Waals surface area contributed by atoms with Gasteiger partial charge in [0.1, 0.15) is 6.04 Å². The molecule has 1 saturated heterocycles. The van der Waals surface area contributed by atoms with Crippen LogP contribution in [-0.2, 0) is 19.6 Å². The van der Waals surface area contributed by atoms with E-state index in [0.29, 0.717) is 38.8 Å². The lowest BCUT2D eigenvalue weighted by molar-refractivity contribution is -0.143. The topological polar surface area (TPSA) is 104 Å². The van der Waals surface area contributed by atoms with Gasteiger partial charge in [-0.3, -0.25) is 4.79 Å². The number of carbonyl (C=O) groups excluding carboxylic acids is 1. The van der Waals surface area contributed by atoms with Gasteiger partial charge in [-0.15, -0.1) is 0 Å². The summed E-state index contributed by atoms with van der Waals surface area (Å²) in [6.07, 6.45) is 3.07. The quantitative estimate of drug-likeness (QED) is 0.747. The molecule has 0 aromatic rings. The second kappa shape index (κ2) is 7.61. The molecule has 1 rings (SSSR count). The third-order valence-electron chi connectivity index (χ3n) is 4.09. The SMILES string of the molecule is CC(C)(C)CCC(NC(=O)C1CCN(S(C)(=O)=O)CC1)C(=O)O. The average Bonchev–Trinajstić information content (AvgIpc) is 2.41. The first-order chi connectivity index (χ1) is 10.4. The Morgan fingerprint density at radius 1 is 1.26 bits per heavy atom. The Morgan fingerprint density at radius 3 is 2.17 bits per heavy atom. The van der Waals surface area contributed by atoms with Crippen LogP contribution in [0.1, 0.15) is 46.5 Å². The van der Waals surface area contributed by atoms with E-state index < -0.39 is 22.0 Å². The van der Waals surface area contributed by atoms with Gasteiger partial charge in [0.25, 0.3) is 0 Å². The highest BCUT2D eigenvalue weighted by Gasteiger charge is 2.31. The van der Waals surface area contributed by atoms with Gasteiger partial charge in [0.15, 0.2) is 0 Å². The van der Waals surface area contributed by atoms with Gasteiger partial charge in [-0.25, -0.2) is 17.5 Å². The van der Waals surface area contributed by atoms with Gasteiger partial charge in [-0.1, -0.05) is 20.8 Å². The number of aliphatic carboxylic acids is 1. The van der Waals surface area contributed by atoms with Crippen molar-refractivity contribution in [3.05, 3.63) is 0 Å². The fraction of sp³-hybridized carbons (Fsp3) is 0.867. The van der Waals surface area contributed by atoms with Crippen LogP contribution in [0.15, 0.2) is 0 Å². The van der Waals surface area contributed by atoms with E-state index in [4.69, 9.17) is 0 Å². The van der Waals surface area contributed by atoms with Gasteiger partial charge in [0.05, 0.1) is 6.26 Å². The molecule has 1 aliphatic rings. The molecule has 1 heterocycles. The van der Waals surface area contributed by atoms with Crippen LogP contribution >= 0.6 is 0 Å². The molecule has 1 aliphatic heterocycles. The molecule has 0 bridgehead atoms. The number of amides is 1. The Morgan fingerprint density at radius 2 is 1.78 bits per heavy atom. The Bertz CT molecular complexity index is 531.